The highest BCUT2D eigenvalue weighted by Crippen LogP contribution is 2.41. The van der Waals surface area contributed by atoms with Crippen molar-refractivity contribution in [3.8, 4) is 0 Å². The summed E-state index contributed by atoms with van der Waals surface area (Å²) in [6.07, 6.45) is 2.64. The zero-order valence-corrected chi connectivity index (χ0v) is 14.5. The lowest BCUT2D eigenvalue weighted by molar-refractivity contribution is -0.151. The number of carboxylic acids is 1. The third-order valence-corrected chi connectivity index (χ3v) is 5.09. The van der Waals surface area contributed by atoms with Crippen molar-refractivity contribution in [1.82, 2.24) is 10.9 Å². The van der Waals surface area contributed by atoms with E-state index in [1.54, 1.807) is 0 Å². The number of hydrogen-bond donors (Lipinski definition) is 3. The Morgan fingerprint density at radius 2 is 1.58 bits per heavy atom. The summed E-state index contributed by atoms with van der Waals surface area (Å²) in [6, 6.07) is 13.5. The molecule has 2 amide bonds. The molecular weight excluding hydrogens is 332 g/mol. The molecule has 6 heteroatoms. The zero-order valence-electron chi connectivity index (χ0n) is 14.5. The molecule has 1 fully saturated rings. The van der Waals surface area contributed by atoms with Gasteiger partial charge < -0.3 is 5.11 Å². The number of benzene rings is 2. The molecule has 0 bridgehead atoms. The van der Waals surface area contributed by atoms with Gasteiger partial charge in [-0.25, -0.2) is 0 Å². The van der Waals surface area contributed by atoms with Crippen molar-refractivity contribution in [2.75, 3.05) is 0 Å². The maximum absolute atomic E-state index is 12.2. The van der Waals surface area contributed by atoms with E-state index in [1.165, 1.54) is 0 Å². The largest absolute Gasteiger partial charge is 0.481 e. The second-order valence-electron chi connectivity index (χ2n) is 6.88. The minimum Gasteiger partial charge on any atom is -0.481 e. The van der Waals surface area contributed by atoms with Crippen LogP contribution >= 0.6 is 0 Å². The van der Waals surface area contributed by atoms with Crippen molar-refractivity contribution < 1.29 is 19.5 Å². The van der Waals surface area contributed by atoms with E-state index in [2.05, 4.69) is 10.9 Å². The summed E-state index contributed by atoms with van der Waals surface area (Å²) in [6.45, 7) is 0. The van der Waals surface area contributed by atoms with E-state index < -0.39 is 17.3 Å². The topological polar surface area (TPSA) is 95.5 Å². The molecule has 0 unspecified atom stereocenters. The van der Waals surface area contributed by atoms with Gasteiger partial charge in [-0.2, -0.15) is 0 Å². The van der Waals surface area contributed by atoms with Crippen LogP contribution in [0.2, 0.25) is 0 Å². The maximum atomic E-state index is 12.2. The molecule has 0 radical (unpaired) electrons. The zero-order chi connectivity index (χ0) is 18.6. The molecule has 0 spiro atoms. The number of hydrazine groups is 1. The first-order chi connectivity index (χ1) is 12.5. The van der Waals surface area contributed by atoms with Gasteiger partial charge in [-0.05, 0) is 29.2 Å². The summed E-state index contributed by atoms with van der Waals surface area (Å²) in [5.74, 6) is -1.75. The summed E-state index contributed by atoms with van der Waals surface area (Å²) in [5, 5.41) is 11.5. The van der Waals surface area contributed by atoms with Crippen LogP contribution in [0.25, 0.3) is 10.8 Å². The standard InChI is InChI=1S/C20H22N2O4/c23-17(12-15-8-5-7-14-6-1-2-9-16(14)15)21-22-18(24)13-20(19(25)26)10-3-4-11-20/h1-2,5-9H,3-4,10-13H2,(H,21,23)(H,22,24)(H,25,26). The van der Waals surface area contributed by atoms with Crippen LogP contribution in [-0.4, -0.2) is 22.9 Å². The van der Waals surface area contributed by atoms with E-state index in [0.717, 1.165) is 29.2 Å². The average molecular weight is 354 g/mol. The Morgan fingerprint density at radius 1 is 0.923 bits per heavy atom. The molecular formula is C20H22N2O4. The number of aliphatic carboxylic acids is 1. The van der Waals surface area contributed by atoms with Gasteiger partial charge in [0.1, 0.15) is 0 Å². The predicted molar refractivity (Wildman–Crippen MR) is 97.1 cm³/mol. The third-order valence-electron chi connectivity index (χ3n) is 5.09. The number of amides is 2. The number of carbonyl (C=O) groups is 3. The van der Waals surface area contributed by atoms with Gasteiger partial charge in [-0.15, -0.1) is 0 Å². The Kier molecular flexibility index (Phi) is 5.21. The molecule has 6 nitrogen and oxygen atoms in total. The molecule has 1 saturated carbocycles. The molecule has 0 heterocycles. The highest BCUT2D eigenvalue weighted by molar-refractivity contribution is 5.91. The Bertz CT molecular complexity index is 835. The van der Waals surface area contributed by atoms with Crippen molar-refractivity contribution in [3.05, 3.63) is 48.0 Å². The molecule has 136 valence electrons. The highest BCUT2D eigenvalue weighted by atomic mass is 16.4. The van der Waals surface area contributed by atoms with E-state index in [9.17, 15) is 19.5 Å². The predicted octanol–water partition coefficient (Wildman–Crippen LogP) is 2.56. The lowest BCUT2D eigenvalue weighted by Gasteiger charge is -2.22. The number of carboxylic acid groups (broad SMARTS) is 1. The molecule has 0 aliphatic heterocycles. The van der Waals surface area contributed by atoms with Gasteiger partial charge in [0.25, 0.3) is 0 Å². The van der Waals surface area contributed by atoms with Crippen LogP contribution in [-0.2, 0) is 20.8 Å². The number of carbonyl (C=O) groups excluding carboxylic acids is 2. The summed E-state index contributed by atoms with van der Waals surface area (Å²) < 4.78 is 0. The van der Waals surface area contributed by atoms with E-state index in [-0.39, 0.29) is 18.7 Å². The van der Waals surface area contributed by atoms with Crippen LogP contribution < -0.4 is 10.9 Å². The van der Waals surface area contributed by atoms with Crippen molar-refractivity contribution in [3.63, 3.8) is 0 Å². The summed E-state index contributed by atoms with van der Waals surface area (Å²) >= 11 is 0. The first-order valence-corrected chi connectivity index (χ1v) is 8.78. The normalized spacial score (nSPS) is 15.5. The Balaban J connectivity index is 1.57. The molecule has 3 rings (SSSR count). The maximum Gasteiger partial charge on any atom is 0.310 e. The fourth-order valence-corrected chi connectivity index (χ4v) is 3.67. The molecule has 1 aliphatic rings. The van der Waals surface area contributed by atoms with Crippen LogP contribution in [0.15, 0.2) is 42.5 Å². The average Bonchev–Trinajstić information content (AvgIpc) is 3.10. The molecule has 2 aromatic carbocycles. The molecule has 0 saturated heterocycles. The van der Waals surface area contributed by atoms with Crippen LogP contribution in [0, 0.1) is 5.41 Å². The molecule has 26 heavy (non-hydrogen) atoms. The smallest absolute Gasteiger partial charge is 0.310 e. The SMILES string of the molecule is O=C(Cc1cccc2ccccc12)NNC(=O)CC1(C(=O)O)CCCC1. The lowest BCUT2D eigenvalue weighted by Crippen LogP contribution is -2.45. The van der Waals surface area contributed by atoms with Gasteiger partial charge in [0.05, 0.1) is 11.8 Å². The fraction of sp³-hybridized carbons (Fsp3) is 0.350. The van der Waals surface area contributed by atoms with Crippen molar-refractivity contribution in [2.24, 2.45) is 5.41 Å². The first kappa shape index (κ1) is 17.9. The quantitative estimate of drug-likeness (QED) is 0.719. The van der Waals surface area contributed by atoms with Gasteiger partial charge in [0.15, 0.2) is 0 Å². The number of rotatable bonds is 5. The van der Waals surface area contributed by atoms with Crippen LogP contribution in [0.3, 0.4) is 0 Å². The van der Waals surface area contributed by atoms with Crippen LogP contribution in [0.4, 0.5) is 0 Å². The summed E-state index contributed by atoms with van der Waals surface area (Å²) in [4.78, 5) is 35.8. The molecule has 0 atom stereocenters. The van der Waals surface area contributed by atoms with Gasteiger partial charge >= 0.3 is 5.97 Å². The second kappa shape index (κ2) is 7.56. The van der Waals surface area contributed by atoms with E-state index in [4.69, 9.17) is 0 Å². The number of nitrogens with one attached hydrogen (secondary N) is 2. The van der Waals surface area contributed by atoms with Crippen LogP contribution in [0.5, 0.6) is 0 Å². The molecule has 1 aliphatic carbocycles. The van der Waals surface area contributed by atoms with Gasteiger partial charge in [0, 0.05) is 6.42 Å². The minimum atomic E-state index is -0.996. The number of fused-ring (bicyclic) bond motifs is 1. The summed E-state index contributed by atoms with van der Waals surface area (Å²) in [7, 11) is 0. The third kappa shape index (κ3) is 3.85. The van der Waals surface area contributed by atoms with E-state index in [0.29, 0.717) is 12.8 Å². The van der Waals surface area contributed by atoms with Crippen molar-refractivity contribution >= 4 is 28.6 Å². The van der Waals surface area contributed by atoms with Crippen LogP contribution in [0.1, 0.15) is 37.7 Å². The Morgan fingerprint density at radius 3 is 2.31 bits per heavy atom. The van der Waals surface area contributed by atoms with Crippen molar-refractivity contribution in [1.29, 1.82) is 0 Å². The monoisotopic (exact) mass is 354 g/mol. The van der Waals surface area contributed by atoms with E-state index in [1.807, 2.05) is 42.5 Å². The number of hydrogen-bond acceptors (Lipinski definition) is 3. The Labute approximate surface area is 151 Å². The minimum absolute atomic E-state index is 0.114. The molecule has 3 N–H and O–H groups in total. The second-order valence-corrected chi connectivity index (χ2v) is 6.88. The highest BCUT2D eigenvalue weighted by Gasteiger charge is 2.43. The molecule has 2 aromatic rings. The van der Waals surface area contributed by atoms with Gasteiger partial charge in [-0.1, -0.05) is 55.3 Å². The summed E-state index contributed by atoms with van der Waals surface area (Å²) in [5.41, 5.74) is 4.62. The fourth-order valence-electron chi connectivity index (χ4n) is 3.67. The Hall–Kier alpha value is -2.89. The lowest BCUT2D eigenvalue weighted by atomic mass is 9.82. The first-order valence-electron chi connectivity index (χ1n) is 8.78. The van der Waals surface area contributed by atoms with E-state index >= 15 is 0 Å². The van der Waals surface area contributed by atoms with Crippen molar-refractivity contribution in [2.45, 2.75) is 38.5 Å². The molecule has 0 aromatic heterocycles. The van der Waals surface area contributed by atoms with Gasteiger partial charge in [-0.3, -0.25) is 25.2 Å². The van der Waals surface area contributed by atoms with Gasteiger partial charge in [0.2, 0.25) is 11.8 Å².